The van der Waals surface area contributed by atoms with Crippen LogP contribution in [0.5, 0.6) is 0 Å². The minimum Gasteiger partial charge on any atom is -0.392 e. The van der Waals surface area contributed by atoms with Crippen LogP contribution in [0.2, 0.25) is 0 Å². The molecule has 32 heavy (non-hydrogen) atoms. The molecule has 3 aromatic rings. The molecular formula is C21H18F3N5O3. The fourth-order valence-corrected chi connectivity index (χ4v) is 3.52. The summed E-state index contributed by atoms with van der Waals surface area (Å²) in [6.07, 6.45) is -0.362. The number of fused-ring (bicyclic) bond motifs is 1. The van der Waals surface area contributed by atoms with Crippen molar-refractivity contribution in [3.63, 3.8) is 0 Å². The zero-order valence-electron chi connectivity index (χ0n) is 16.8. The molecular weight excluding hydrogens is 427 g/mol. The molecule has 2 aromatic heterocycles. The number of rotatable bonds is 4. The molecule has 1 aromatic carbocycles. The third kappa shape index (κ3) is 3.94. The third-order valence-corrected chi connectivity index (χ3v) is 5.09. The summed E-state index contributed by atoms with van der Waals surface area (Å²) in [7, 11) is 0. The van der Waals surface area contributed by atoms with Gasteiger partial charge in [0.05, 0.1) is 41.9 Å². The molecule has 0 fully saturated rings. The number of pyridine rings is 1. The molecule has 2 N–H and O–H groups in total. The van der Waals surface area contributed by atoms with Gasteiger partial charge in [-0.1, -0.05) is 0 Å². The van der Waals surface area contributed by atoms with Gasteiger partial charge in [0.25, 0.3) is 11.8 Å². The van der Waals surface area contributed by atoms with Crippen LogP contribution in [-0.2, 0) is 12.8 Å². The van der Waals surface area contributed by atoms with Crippen molar-refractivity contribution in [2.75, 3.05) is 16.8 Å². The number of benzene rings is 1. The van der Waals surface area contributed by atoms with Gasteiger partial charge in [0, 0.05) is 18.4 Å². The molecule has 1 aliphatic rings. The molecule has 0 saturated heterocycles. The number of hydrogen-bond acceptors (Lipinski definition) is 5. The van der Waals surface area contributed by atoms with Crippen molar-refractivity contribution < 1.29 is 27.9 Å². The van der Waals surface area contributed by atoms with E-state index in [1.165, 1.54) is 40.3 Å². The number of carbonyl (C=O) groups excluding carboxylic acids is 2. The minimum atomic E-state index is -4.48. The summed E-state index contributed by atoms with van der Waals surface area (Å²) in [5.41, 5.74) is 0.354. The fraction of sp³-hybridized carbons (Fsp3) is 0.238. The molecule has 0 bridgehead atoms. The van der Waals surface area contributed by atoms with Crippen molar-refractivity contribution in [2.24, 2.45) is 0 Å². The first-order chi connectivity index (χ1) is 15.2. The number of nitrogens with zero attached hydrogens (tertiary/aromatic N) is 4. The first-order valence-corrected chi connectivity index (χ1v) is 9.62. The Labute approximate surface area is 180 Å². The Hall–Kier alpha value is -3.73. The summed E-state index contributed by atoms with van der Waals surface area (Å²) in [5.74, 6) is -1.15. The number of carbonyl (C=O) groups is 2. The number of halogens is 3. The number of nitrogens with one attached hydrogen (secondary N) is 1. The number of amides is 2. The van der Waals surface area contributed by atoms with Gasteiger partial charge in [0.1, 0.15) is 5.69 Å². The lowest BCUT2D eigenvalue weighted by atomic mass is 10.1. The Kier molecular flexibility index (Phi) is 5.43. The normalized spacial score (nSPS) is 16.1. The maximum absolute atomic E-state index is 13.2. The number of alkyl halides is 3. The number of aromatic nitrogens is 3. The summed E-state index contributed by atoms with van der Waals surface area (Å²) in [6, 6.07) is 5.50. The monoisotopic (exact) mass is 445 g/mol. The fourth-order valence-electron chi connectivity index (χ4n) is 3.52. The van der Waals surface area contributed by atoms with Gasteiger partial charge in [0.2, 0.25) is 0 Å². The first kappa shape index (κ1) is 21.5. The predicted molar refractivity (Wildman–Crippen MR) is 108 cm³/mol. The highest BCUT2D eigenvalue weighted by molar-refractivity contribution is 6.15. The van der Waals surface area contributed by atoms with Crippen LogP contribution in [0.4, 0.5) is 24.5 Å². The van der Waals surface area contributed by atoms with E-state index in [9.17, 15) is 27.9 Å². The van der Waals surface area contributed by atoms with Crippen LogP contribution in [0.1, 0.15) is 44.9 Å². The smallest absolute Gasteiger partial charge is 0.392 e. The second kappa shape index (κ2) is 8.08. The van der Waals surface area contributed by atoms with E-state index in [4.69, 9.17) is 0 Å². The summed E-state index contributed by atoms with van der Waals surface area (Å²) in [5, 5.41) is 16.0. The van der Waals surface area contributed by atoms with Gasteiger partial charge < -0.3 is 15.3 Å². The van der Waals surface area contributed by atoms with E-state index in [-0.39, 0.29) is 36.1 Å². The van der Waals surface area contributed by atoms with Gasteiger partial charge in [-0.15, -0.1) is 0 Å². The lowest BCUT2D eigenvalue weighted by Crippen LogP contribution is -2.43. The summed E-state index contributed by atoms with van der Waals surface area (Å²) in [4.78, 5) is 31.3. The van der Waals surface area contributed by atoms with Gasteiger partial charge >= 0.3 is 6.18 Å². The molecule has 0 unspecified atom stereocenters. The number of aliphatic hydroxyl groups excluding tert-OH is 1. The first-order valence-electron chi connectivity index (χ1n) is 9.62. The number of aliphatic hydroxyl groups is 1. The van der Waals surface area contributed by atoms with E-state index in [1.807, 2.05) is 0 Å². The Bertz CT molecular complexity index is 1170. The Morgan fingerprint density at radius 3 is 2.59 bits per heavy atom. The topological polar surface area (TPSA) is 100 Å². The van der Waals surface area contributed by atoms with Crippen molar-refractivity contribution in [2.45, 2.75) is 25.7 Å². The maximum Gasteiger partial charge on any atom is 0.416 e. The second-order valence-corrected chi connectivity index (χ2v) is 7.35. The molecule has 1 atom stereocenters. The Morgan fingerprint density at radius 1 is 1.22 bits per heavy atom. The molecule has 166 valence electrons. The molecule has 0 saturated carbocycles. The van der Waals surface area contributed by atoms with E-state index >= 15 is 0 Å². The largest absolute Gasteiger partial charge is 0.416 e. The molecule has 0 aliphatic carbocycles. The van der Waals surface area contributed by atoms with Crippen LogP contribution < -0.4 is 10.2 Å². The van der Waals surface area contributed by atoms with Crippen LogP contribution in [-0.4, -0.2) is 38.2 Å². The standard InChI is InChI=1S/C21H18F3N5O3/c1-12-10-28(16-4-2-14(3-5-16)21(22,23)24)20(32)18-17(9-26-29(12)18)19(31)27-15-6-13(11-30)7-25-8-15/h2-9,12,30H,10-11H2,1H3,(H,27,31)/t12-/m0/s1. The SMILES string of the molecule is C[C@H]1CN(c2ccc(C(F)(F)F)cc2)C(=O)c2c(C(=O)Nc3cncc(CO)c3)cnn21. The van der Waals surface area contributed by atoms with Crippen molar-refractivity contribution in [3.8, 4) is 0 Å². The quantitative estimate of drug-likeness (QED) is 0.642. The maximum atomic E-state index is 13.2. The van der Waals surface area contributed by atoms with E-state index in [0.717, 1.165) is 12.1 Å². The lowest BCUT2D eigenvalue weighted by molar-refractivity contribution is -0.137. The minimum absolute atomic E-state index is 0.0212. The zero-order valence-corrected chi connectivity index (χ0v) is 16.8. The molecule has 0 spiro atoms. The van der Waals surface area contributed by atoms with Crippen LogP contribution in [0.15, 0.2) is 48.9 Å². The second-order valence-electron chi connectivity index (χ2n) is 7.35. The van der Waals surface area contributed by atoms with Crippen molar-refractivity contribution >= 4 is 23.2 Å². The van der Waals surface area contributed by atoms with E-state index in [0.29, 0.717) is 11.3 Å². The summed E-state index contributed by atoms with van der Waals surface area (Å²) >= 11 is 0. The van der Waals surface area contributed by atoms with Crippen molar-refractivity contribution in [1.29, 1.82) is 0 Å². The predicted octanol–water partition coefficient (Wildman–Crippen LogP) is 3.26. The highest BCUT2D eigenvalue weighted by Crippen LogP contribution is 2.33. The van der Waals surface area contributed by atoms with Gasteiger partial charge in [-0.05, 0) is 42.8 Å². The van der Waals surface area contributed by atoms with Crippen molar-refractivity contribution in [1.82, 2.24) is 14.8 Å². The van der Waals surface area contributed by atoms with Gasteiger partial charge in [-0.3, -0.25) is 19.3 Å². The van der Waals surface area contributed by atoms with Crippen molar-refractivity contribution in [3.05, 3.63) is 71.3 Å². The van der Waals surface area contributed by atoms with Crippen LogP contribution in [0.3, 0.4) is 0 Å². The molecule has 4 rings (SSSR count). The van der Waals surface area contributed by atoms with Gasteiger partial charge in [-0.25, -0.2) is 0 Å². The Balaban J connectivity index is 1.63. The molecule has 3 heterocycles. The van der Waals surface area contributed by atoms with Crippen LogP contribution >= 0.6 is 0 Å². The Morgan fingerprint density at radius 2 is 1.94 bits per heavy atom. The highest BCUT2D eigenvalue weighted by atomic mass is 19.4. The van der Waals surface area contributed by atoms with Crippen LogP contribution in [0, 0.1) is 0 Å². The van der Waals surface area contributed by atoms with Crippen LogP contribution in [0.25, 0.3) is 0 Å². The number of anilines is 2. The summed E-state index contributed by atoms with van der Waals surface area (Å²) < 4.78 is 40.0. The third-order valence-electron chi connectivity index (χ3n) is 5.09. The molecule has 11 heteroatoms. The van der Waals surface area contributed by atoms with Gasteiger partial charge in [-0.2, -0.15) is 18.3 Å². The summed E-state index contributed by atoms with van der Waals surface area (Å²) in [6.45, 7) is 1.72. The number of hydrogen-bond donors (Lipinski definition) is 2. The zero-order chi connectivity index (χ0) is 23.0. The molecule has 0 radical (unpaired) electrons. The van der Waals surface area contributed by atoms with Gasteiger partial charge in [0.15, 0.2) is 0 Å². The lowest BCUT2D eigenvalue weighted by Gasteiger charge is -2.32. The molecule has 2 amide bonds. The van der Waals surface area contributed by atoms with E-state index in [2.05, 4.69) is 15.4 Å². The highest BCUT2D eigenvalue weighted by Gasteiger charge is 2.36. The average Bonchev–Trinajstić information content (AvgIpc) is 3.22. The average molecular weight is 445 g/mol. The molecule has 8 nitrogen and oxygen atoms in total. The van der Waals surface area contributed by atoms with E-state index in [1.54, 1.807) is 13.0 Å². The van der Waals surface area contributed by atoms with E-state index < -0.39 is 23.6 Å². The molecule has 1 aliphatic heterocycles.